The number of carbonyl (C=O) groups excluding carboxylic acids is 1. The minimum Gasteiger partial charge on any atom is -0.494 e. The Kier molecular flexibility index (Phi) is 5.55. The van der Waals surface area contributed by atoms with Crippen LogP contribution >= 0.6 is 15.9 Å². The van der Waals surface area contributed by atoms with E-state index in [0.717, 1.165) is 11.3 Å². The Hall–Kier alpha value is -1.88. The van der Waals surface area contributed by atoms with Gasteiger partial charge in [-0.15, -0.1) is 0 Å². The largest absolute Gasteiger partial charge is 0.494 e. The Morgan fingerprint density at radius 2 is 2.00 bits per heavy atom. The Morgan fingerprint density at radius 1 is 1.27 bits per heavy atom. The molecule has 0 aliphatic heterocycles. The number of nitrogens with zero attached hydrogens (tertiary/aromatic N) is 1. The molecule has 0 spiro atoms. The number of hydrogen-bond acceptors (Lipinski definition) is 2. The lowest BCUT2D eigenvalue weighted by Gasteiger charge is -2.19. The van der Waals surface area contributed by atoms with Crippen LogP contribution in [0, 0.1) is 5.82 Å². The maximum absolute atomic E-state index is 13.4. The summed E-state index contributed by atoms with van der Waals surface area (Å²) >= 11 is 3.20. The van der Waals surface area contributed by atoms with E-state index in [-0.39, 0.29) is 5.91 Å². The van der Waals surface area contributed by atoms with Crippen molar-refractivity contribution in [2.45, 2.75) is 13.5 Å². The maximum atomic E-state index is 13.4. The van der Waals surface area contributed by atoms with E-state index in [4.69, 9.17) is 4.74 Å². The first-order valence-corrected chi connectivity index (χ1v) is 7.72. The zero-order valence-corrected chi connectivity index (χ0v) is 14.1. The van der Waals surface area contributed by atoms with E-state index in [1.807, 2.05) is 31.2 Å². The van der Waals surface area contributed by atoms with Gasteiger partial charge in [0.25, 0.3) is 5.91 Å². The molecule has 1 amide bonds. The minimum atomic E-state index is -0.444. The van der Waals surface area contributed by atoms with E-state index in [1.54, 1.807) is 18.0 Å². The highest BCUT2D eigenvalue weighted by Gasteiger charge is 2.15. The maximum Gasteiger partial charge on any atom is 0.254 e. The van der Waals surface area contributed by atoms with Gasteiger partial charge in [0.2, 0.25) is 0 Å². The van der Waals surface area contributed by atoms with E-state index < -0.39 is 5.82 Å². The second-order valence-electron chi connectivity index (χ2n) is 4.86. The number of amides is 1. The van der Waals surface area contributed by atoms with Crippen LogP contribution in [0.4, 0.5) is 4.39 Å². The molecular weight excluding hydrogens is 349 g/mol. The number of benzene rings is 2. The van der Waals surface area contributed by atoms with Crippen LogP contribution < -0.4 is 4.74 Å². The van der Waals surface area contributed by atoms with Gasteiger partial charge in [0.1, 0.15) is 11.6 Å². The predicted octanol–water partition coefficient (Wildman–Crippen LogP) is 4.26. The Labute approximate surface area is 137 Å². The molecule has 0 heterocycles. The Bertz CT molecular complexity index is 655. The van der Waals surface area contributed by atoms with Crippen LogP contribution in [0.25, 0.3) is 0 Å². The molecular formula is C17H17BrFNO2. The van der Waals surface area contributed by atoms with Gasteiger partial charge in [0, 0.05) is 29.2 Å². The molecule has 0 aliphatic rings. The standard InChI is InChI=1S/C17H17BrFNO2/c1-3-22-16-7-5-4-6-12(16)11-20(2)17(21)13-8-14(18)10-15(19)9-13/h4-10H,3,11H2,1-2H3. The van der Waals surface area contributed by atoms with Crippen molar-refractivity contribution in [3.63, 3.8) is 0 Å². The van der Waals surface area contributed by atoms with E-state index in [1.165, 1.54) is 12.1 Å². The van der Waals surface area contributed by atoms with Gasteiger partial charge in [0.15, 0.2) is 0 Å². The van der Waals surface area contributed by atoms with E-state index in [0.29, 0.717) is 23.2 Å². The summed E-state index contributed by atoms with van der Waals surface area (Å²) in [5, 5.41) is 0. The fourth-order valence-electron chi connectivity index (χ4n) is 2.16. The van der Waals surface area contributed by atoms with Crippen molar-refractivity contribution in [2.75, 3.05) is 13.7 Å². The summed E-state index contributed by atoms with van der Waals surface area (Å²) < 4.78 is 19.5. The molecule has 0 saturated carbocycles. The molecule has 0 aromatic heterocycles. The quantitative estimate of drug-likeness (QED) is 0.792. The number of rotatable bonds is 5. The van der Waals surface area contributed by atoms with Crippen LogP contribution in [0.2, 0.25) is 0 Å². The molecule has 2 rings (SSSR count). The second kappa shape index (κ2) is 7.40. The first-order chi connectivity index (χ1) is 10.5. The van der Waals surface area contributed by atoms with Gasteiger partial charge < -0.3 is 9.64 Å². The van der Waals surface area contributed by atoms with Crippen LogP contribution in [-0.4, -0.2) is 24.5 Å². The average molecular weight is 366 g/mol. The van der Waals surface area contributed by atoms with E-state index in [2.05, 4.69) is 15.9 Å². The van der Waals surface area contributed by atoms with Crippen molar-refractivity contribution in [1.82, 2.24) is 4.90 Å². The average Bonchev–Trinajstić information content (AvgIpc) is 2.47. The van der Waals surface area contributed by atoms with Crippen molar-refractivity contribution >= 4 is 21.8 Å². The molecule has 3 nitrogen and oxygen atoms in total. The summed E-state index contributed by atoms with van der Waals surface area (Å²) in [4.78, 5) is 14.0. The third-order valence-corrected chi connectivity index (χ3v) is 3.59. The van der Waals surface area contributed by atoms with Crippen molar-refractivity contribution in [3.05, 3.63) is 63.9 Å². The number of carbonyl (C=O) groups is 1. The lowest BCUT2D eigenvalue weighted by atomic mass is 10.1. The number of ether oxygens (including phenoxy) is 1. The van der Waals surface area contributed by atoms with Crippen LogP contribution in [0.5, 0.6) is 5.75 Å². The molecule has 0 bridgehead atoms. The fraction of sp³-hybridized carbons (Fsp3) is 0.235. The van der Waals surface area contributed by atoms with Gasteiger partial charge in [-0.25, -0.2) is 4.39 Å². The monoisotopic (exact) mass is 365 g/mol. The highest BCUT2D eigenvalue weighted by atomic mass is 79.9. The molecule has 5 heteroatoms. The van der Waals surface area contributed by atoms with Crippen molar-refractivity contribution in [1.29, 1.82) is 0 Å². The molecule has 0 fully saturated rings. The number of para-hydroxylation sites is 1. The SMILES string of the molecule is CCOc1ccccc1CN(C)C(=O)c1cc(F)cc(Br)c1. The van der Waals surface area contributed by atoms with Gasteiger partial charge in [-0.05, 0) is 31.2 Å². The molecule has 0 atom stereocenters. The van der Waals surface area contributed by atoms with Crippen molar-refractivity contribution < 1.29 is 13.9 Å². The number of halogens is 2. The van der Waals surface area contributed by atoms with Gasteiger partial charge in [-0.1, -0.05) is 34.1 Å². The molecule has 0 unspecified atom stereocenters. The summed E-state index contributed by atoms with van der Waals surface area (Å²) in [7, 11) is 1.68. The zero-order valence-electron chi connectivity index (χ0n) is 12.5. The van der Waals surface area contributed by atoms with Crippen LogP contribution in [0.3, 0.4) is 0 Å². The third kappa shape index (κ3) is 4.07. The Morgan fingerprint density at radius 3 is 2.68 bits per heavy atom. The lowest BCUT2D eigenvalue weighted by Crippen LogP contribution is -2.26. The highest BCUT2D eigenvalue weighted by Crippen LogP contribution is 2.21. The summed E-state index contributed by atoms with van der Waals surface area (Å²) in [5.41, 5.74) is 1.22. The molecule has 0 aliphatic carbocycles. The summed E-state index contributed by atoms with van der Waals surface area (Å²) in [6.07, 6.45) is 0. The zero-order chi connectivity index (χ0) is 16.1. The van der Waals surface area contributed by atoms with Crippen LogP contribution in [0.15, 0.2) is 46.9 Å². The molecule has 2 aromatic carbocycles. The van der Waals surface area contributed by atoms with Gasteiger partial charge >= 0.3 is 0 Å². The predicted molar refractivity (Wildman–Crippen MR) is 87.5 cm³/mol. The number of hydrogen-bond donors (Lipinski definition) is 0. The first-order valence-electron chi connectivity index (χ1n) is 6.93. The molecule has 0 saturated heterocycles. The Balaban J connectivity index is 2.18. The minimum absolute atomic E-state index is 0.244. The summed E-state index contributed by atoms with van der Waals surface area (Å²) in [5.74, 6) is 0.0671. The van der Waals surface area contributed by atoms with Gasteiger partial charge in [-0.3, -0.25) is 4.79 Å². The second-order valence-corrected chi connectivity index (χ2v) is 5.78. The van der Waals surface area contributed by atoms with Crippen LogP contribution in [0.1, 0.15) is 22.8 Å². The summed E-state index contributed by atoms with van der Waals surface area (Å²) in [6.45, 7) is 2.87. The van der Waals surface area contributed by atoms with E-state index >= 15 is 0 Å². The molecule has 2 aromatic rings. The molecule has 22 heavy (non-hydrogen) atoms. The highest BCUT2D eigenvalue weighted by molar-refractivity contribution is 9.10. The molecule has 0 N–H and O–H groups in total. The van der Waals surface area contributed by atoms with Crippen LogP contribution in [-0.2, 0) is 6.54 Å². The van der Waals surface area contributed by atoms with Gasteiger partial charge in [0.05, 0.1) is 6.61 Å². The fourth-order valence-corrected chi connectivity index (χ4v) is 2.62. The molecule has 116 valence electrons. The summed E-state index contributed by atoms with van der Waals surface area (Å²) in [6, 6.07) is 11.7. The van der Waals surface area contributed by atoms with Crippen molar-refractivity contribution in [3.8, 4) is 5.75 Å². The van der Waals surface area contributed by atoms with Crippen molar-refractivity contribution in [2.24, 2.45) is 0 Å². The molecule has 0 radical (unpaired) electrons. The van der Waals surface area contributed by atoms with Gasteiger partial charge in [-0.2, -0.15) is 0 Å². The normalized spacial score (nSPS) is 10.4. The lowest BCUT2D eigenvalue weighted by molar-refractivity contribution is 0.0783. The third-order valence-electron chi connectivity index (χ3n) is 3.14. The van der Waals surface area contributed by atoms with E-state index in [9.17, 15) is 9.18 Å². The smallest absolute Gasteiger partial charge is 0.254 e. The topological polar surface area (TPSA) is 29.5 Å². The first kappa shape index (κ1) is 16.5.